The molecule has 7 heteroatoms. The number of para-hydroxylation sites is 1. The molecule has 2 aromatic rings. The zero-order valence-electron chi connectivity index (χ0n) is 14.5. The number of esters is 1. The first-order valence-electron chi connectivity index (χ1n) is 8.07. The number of likely N-dealkylation sites (N-methyl/N-ethyl adjacent to an activating group) is 1. The number of hydrogen-bond donors (Lipinski definition) is 0. The number of hydrogen-bond acceptors (Lipinski definition) is 5. The molecule has 136 valence electrons. The molecule has 3 rings (SSSR count). The molecule has 0 saturated carbocycles. The van der Waals surface area contributed by atoms with Crippen LogP contribution < -0.4 is 4.90 Å². The van der Waals surface area contributed by atoms with Crippen LogP contribution in [-0.4, -0.2) is 39.7 Å². The lowest BCUT2D eigenvalue weighted by molar-refractivity contribution is -0.144. The highest BCUT2D eigenvalue weighted by molar-refractivity contribution is 7.91. The van der Waals surface area contributed by atoms with Gasteiger partial charge in [0.05, 0.1) is 10.6 Å². The summed E-state index contributed by atoms with van der Waals surface area (Å²) in [6.45, 7) is 0.906. The van der Waals surface area contributed by atoms with Crippen LogP contribution in [-0.2, 0) is 29.6 Å². The molecule has 1 atom stereocenters. The number of ether oxygens (including phenoxy) is 1. The van der Waals surface area contributed by atoms with E-state index in [1.807, 2.05) is 0 Å². The number of nitrogens with zero attached hydrogens (tertiary/aromatic N) is 1. The van der Waals surface area contributed by atoms with Gasteiger partial charge in [0, 0.05) is 19.7 Å². The average Bonchev–Trinajstić information content (AvgIpc) is 2.83. The van der Waals surface area contributed by atoms with Crippen molar-refractivity contribution < 1.29 is 22.7 Å². The smallest absolute Gasteiger partial charge is 0.302 e. The first-order chi connectivity index (χ1) is 12.3. The fourth-order valence-electron chi connectivity index (χ4n) is 3.30. The number of rotatable bonds is 5. The molecule has 0 aromatic heterocycles. The van der Waals surface area contributed by atoms with E-state index in [1.54, 1.807) is 49.5 Å². The van der Waals surface area contributed by atoms with Crippen LogP contribution in [0.25, 0.3) is 0 Å². The van der Waals surface area contributed by atoms with Crippen molar-refractivity contribution in [3.63, 3.8) is 0 Å². The van der Waals surface area contributed by atoms with E-state index in [0.717, 1.165) is 0 Å². The summed E-state index contributed by atoms with van der Waals surface area (Å²) in [6.07, 6.45) is 0. The van der Waals surface area contributed by atoms with Gasteiger partial charge in [-0.1, -0.05) is 36.4 Å². The summed E-state index contributed by atoms with van der Waals surface area (Å²) < 4.78 is 31.1. The molecule has 0 N–H and O–H groups in total. The van der Waals surface area contributed by atoms with Crippen molar-refractivity contribution in [1.29, 1.82) is 0 Å². The van der Waals surface area contributed by atoms with Gasteiger partial charge in [-0.2, -0.15) is 0 Å². The van der Waals surface area contributed by atoms with E-state index in [9.17, 15) is 18.0 Å². The van der Waals surface area contributed by atoms with Gasteiger partial charge in [0.2, 0.25) is 5.91 Å². The van der Waals surface area contributed by atoms with Crippen molar-refractivity contribution in [2.45, 2.75) is 17.2 Å². The standard InChI is InChI=1S/C19H19NO5S/c1-14(21)25-12-19(13-26(23,24)15-8-4-3-5-9-15)16-10-6-7-11-17(16)20(2)18(19)22/h3-11H,12-13H2,1-2H3. The zero-order valence-corrected chi connectivity index (χ0v) is 15.3. The quantitative estimate of drug-likeness (QED) is 0.748. The Kier molecular flexibility index (Phi) is 4.58. The van der Waals surface area contributed by atoms with Crippen LogP contribution >= 0.6 is 0 Å². The van der Waals surface area contributed by atoms with Crippen molar-refractivity contribution in [2.24, 2.45) is 0 Å². The fourth-order valence-corrected chi connectivity index (χ4v) is 5.05. The second kappa shape index (κ2) is 6.57. The highest BCUT2D eigenvalue weighted by atomic mass is 32.2. The lowest BCUT2D eigenvalue weighted by Gasteiger charge is -2.27. The molecule has 26 heavy (non-hydrogen) atoms. The molecule has 0 aliphatic carbocycles. The molecule has 2 aromatic carbocycles. The predicted octanol–water partition coefficient (Wildman–Crippen LogP) is 1.94. The Morgan fingerprint density at radius 1 is 1.08 bits per heavy atom. The molecule has 0 saturated heterocycles. The number of sulfone groups is 1. The van der Waals surface area contributed by atoms with E-state index in [1.165, 1.54) is 24.0 Å². The number of fused-ring (bicyclic) bond motifs is 1. The van der Waals surface area contributed by atoms with Crippen LogP contribution in [0.4, 0.5) is 5.69 Å². The van der Waals surface area contributed by atoms with Gasteiger partial charge in [0.1, 0.15) is 12.0 Å². The third kappa shape index (κ3) is 2.99. The third-order valence-corrected chi connectivity index (χ3v) is 6.42. The summed E-state index contributed by atoms with van der Waals surface area (Å²) in [5, 5.41) is 0. The van der Waals surface area contributed by atoms with E-state index < -0.39 is 32.9 Å². The Balaban J connectivity index is 2.12. The van der Waals surface area contributed by atoms with Crippen LogP contribution in [0.15, 0.2) is 59.5 Å². The van der Waals surface area contributed by atoms with E-state index in [0.29, 0.717) is 11.3 Å². The summed E-state index contributed by atoms with van der Waals surface area (Å²) in [7, 11) is -2.20. The Labute approximate surface area is 152 Å². The molecule has 6 nitrogen and oxygen atoms in total. The highest BCUT2D eigenvalue weighted by Crippen LogP contribution is 2.43. The van der Waals surface area contributed by atoms with Gasteiger partial charge in [-0.05, 0) is 23.8 Å². The summed E-state index contributed by atoms with van der Waals surface area (Å²) in [6, 6.07) is 14.9. The van der Waals surface area contributed by atoms with Gasteiger partial charge in [0.15, 0.2) is 9.84 Å². The third-order valence-electron chi connectivity index (χ3n) is 4.56. The molecular formula is C19H19NO5S. The van der Waals surface area contributed by atoms with E-state index >= 15 is 0 Å². The topological polar surface area (TPSA) is 80.8 Å². The van der Waals surface area contributed by atoms with Crippen molar-refractivity contribution >= 4 is 27.4 Å². The second-order valence-corrected chi connectivity index (χ2v) is 8.31. The van der Waals surface area contributed by atoms with Gasteiger partial charge >= 0.3 is 5.97 Å². The normalized spacial score (nSPS) is 19.3. The number of amides is 1. The van der Waals surface area contributed by atoms with Crippen LogP contribution in [0.1, 0.15) is 12.5 Å². The molecule has 1 heterocycles. The van der Waals surface area contributed by atoms with Crippen molar-refractivity contribution in [3.05, 3.63) is 60.2 Å². The monoisotopic (exact) mass is 373 g/mol. The maximum atomic E-state index is 13.1. The summed E-state index contributed by atoms with van der Waals surface area (Å²) >= 11 is 0. The lowest BCUT2D eigenvalue weighted by Crippen LogP contribution is -2.47. The second-order valence-electron chi connectivity index (χ2n) is 6.32. The predicted molar refractivity (Wildman–Crippen MR) is 96.7 cm³/mol. The minimum atomic E-state index is -3.79. The fraction of sp³-hybridized carbons (Fsp3) is 0.263. The minimum absolute atomic E-state index is 0.127. The van der Waals surface area contributed by atoms with E-state index in [2.05, 4.69) is 0 Å². The van der Waals surface area contributed by atoms with Crippen LogP contribution in [0, 0.1) is 0 Å². The Bertz CT molecular complexity index is 955. The van der Waals surface area contributed by atoms with Gasteiger partial charge < -0.3 is 9.64 Å². The first-order valence-corrected chi connectivity index (χ1v) is 9.72. The van der Waals surface area contributed by atoms with Crippen molar-refractivity contribution in [3.8, 4) is 0 Å². The molecule has 1 aliphatic rings. The number of benzene rings is 2. The maximum Gasteiger partial charge on any atom is 0.302 e. The lowest BCUT2D eigenvalue weighted by atomic mass is 9.84. The van der Waals surface area contributed by atoms with Crippen LogP contribution in [0.2, 0.25) is 0 Å². The largest absolute Gasteiger partial charge is 0.464 e. The van der Waals surface area contributed by atoms with Crippen LogP contribution in [0.5, 0.6) is 0 Å². The van der Waals surface area contributed by atoms with Gasteiger partial charge in [-0.25, -0.2) is 8.42 Å². The summed E-state index contributed by atoms with van der Waals surface area (Å²) in [5.41, 5.74) is -0.299. The maximum absolute atomic E-state index is 13.1. The van der Waals surface area contributed by atoms with Crippen LogP contribution in [0.3, 0.4) is 0 Å². The molecule has 1 amide bonds. The molecule has 0 bridgehead atoms. The van der Waals surface area contributed by atoms with Crippen molar-refractivity contribution in [2.75, 3.05) is 24.3 Å². The molecule has 0 spiro atoms. The zero-order chi connectivity index (χ0) is 18.9. The Morgan fingerprint density at radius 3 is 2.35 bits per heavy atom. The number of carbonyl (C=O) groups is 2. The summed E-state index contributed by atoms with van der Waals surface area (Å²) in [5.74, 6) is -1.45. The summed E-state index contributed by atoms with van der Waals surface area (Å²) in [4.78, 5) is 26.0. The van der Waals surface area contributed by atoms with E-state index in [-0.39, 0.29) is 11.5 Å². The minimum Gasteiger partial charge on any atom is -0.464 e. The van der Waals surface area contributed by atoms with Gasteiger partial charge in [0.25, 0.3) is 0 Å². The van der Waals surface area contributed by atoms with Crippen molar-refractivity contribution in [1.82, 2.24) is 0 Å². The van der Waals surface area contributed by atoms with Gasteiger partial charge in [-0.15, -0.1) is 0 Å². The number of carbonyl (C=O) groups excluding carboxylic acids is 2. The highest BCUT2D eigenvalue weighted by Gasteiger charge is 2.53. The molecular weight excluding hydrogens is 354 g/mol. The van der Waals surface area contributed by atoms with E-state index in [4.69, 9.17) is 4.74 Å². The SMILES string of the molecule is CC(=O)OCC1(CS(=O)(=O)c2ccccc2)C(=O)N(C)c2ccccc21. The van der Waals surface area contributed by atoms with Gasteiger partial charge in [-0.3, -0.25) is 9.59 Å². The number of anilines is 1. The Morgan fingerprint density at radius 2 is 1.69 bits per heavy atom. The Hall–Kier alpha value is -2.67. The molecule has 1 unspecified atom stereocenters. The molecule has 1 aliphatic heterocycles. The molecule has 0 radical (unpaired) electrons. The average molecular weight is 373 g/mol. The molecule has 0 fully saturated rings. The first kappa shape index (κ1) is 18.1.